The molecule has 0 aliphatic rings. The van der Waals surface area contributed by atoms with Crippen molar-refractivity contribution in [2.45, 2.75) is 32.6 Å². The minimum atomic E-state index is -3.48. The van der Waals surface area contributed by atoms with Crippen LogP contribution in [0.2, 0.25) is 0 Å². The van der Waals surface area contributed by atoms with Crippen molar-refractivity contribution in [3.8, 4) is 11.8 Å². The van der Waals surface area contributed by atoms with Crippen LogP contribution in [0.4, 0.5) is 0 Å². The molecule has 0 spiro atoms. The molecular weight excluding hydrogens is 200 g/mol. The Hall–Kier alpha value is -0.790. The number of hydrogen-bond acceptors (Lipinski definition) is 3. The second kappa shape index (κ2) is 7.60. The van der Waals surface area contributed by atoms with Crippen molar-refractivity contribution < 1.29 is 12.6 Å². The summed E-state index contributed by atoms with van der Waals surface area (Å²) in [4.78, 5) is 0. The van der Waals surface area contributed by atoms with E-state index >= 15 is 0 Å². The monoisotopic (exact) mass is 216 g/mol. The van der Waals surface area contributed by atoms with Crippen LogP contribution in [0.15, 0.2) is 12.0 Å². The van der Waals surface area contributed by atoms with Gasteiger partial charge in [0.15, 0.2) is 0 Å². The van der Waals surface area contributed by atoms with Crippen LogP contribution >= 0.6 is 0 Å². The van der Waals surface area contributed by atoms with Gasteiger partial charge in [-0.1, -0.05) is 13.0 Å². The molecule has 0 saturated carbocycles. The van der Waals surface area contributed by atoms with E-state index in [4.69, 9.17) is 0 Å². The zero-order chi connectivity index (χ0) is 10.9. The summed E-state index contributed by atoms with van der Waals surface area (Å²) in [6.07, 6.45) is 3.52. The summed E-state index contributed by atoms with van der Waals surface area (Å²) in [6, 6.07) is 0. The molecule has 0 aromatic rings. The lowest BCUT2D eigenvalue weighted by Crippen LogP contribution is -2.02. The molecule has 0 aliphatic carbocycles. The van der Waals surface area contributed by atoms with Gasteiger partial charge in [-0.15, -0.1) is 11.8 Å². The van der Waals surface area contributed by atoms with Crippen molar-refractivity contribution in [1.29, 1.82) is 0 Å². The number of rotatable bonds is 7. The van der Waals surface area contributed by atoms with Crippen molar-refractivity contribution in [2.24, 2.45) is 0 Å². The van der Waals surface area contributed by atoms with Crippen molar-refractivity contribution in [1.82, 2.24) is 0 Å². The summed E-state index contributed by atoms with van der Waals surface area (Å²) < 4.78 is 26.1. The van der Waals surface area contributed by atoms with E-state index in [9.17, 15) is 8.42 Å². The van der Waals surface area contributed by atoms with Gasteiger partial charge in [-0.05, 0) is 19.8 Å². The third-order valence-electron chi connectivity index (χ3n) is 1.57. The maximum Gasteiger partial charge on any atom is 0.289 e. The highest BCUT2D eigenvalue weighted by Crippen LogP contribution is 2.01. The third kappa shape index (κ3) is 7.84. The van der Waals surface area contributed by atoms with E-state index in [0.29, 0.717) is 0 Å². The number of hydrogen-bond donors (Lipinski definition) is 0. The molecule has 4 heteroatoms. The van der Waals surface area contributed by atoms with Crippen LogP contribution < -0.4 is 0 Å². The highest BCUT2D eigenvalue weighted by molar-refractivity contribution is 7.89. The Kier molecular flexibility index (Phi) is 7.17. The van der Waals surface area contributed by atoms with Gasteiger partial charge in [0.05, 0.1) is 12.0 Å². The average Bonchev–Trinajstić information content (AvgIpc) is 2.16. The molecule has 0 radical (unpaired) electrons. The Balaban J connectivity index is 3.37. The Labute approximate surface area is 86.3 Å². The molecule has 0 aromatic heterocycles. The maximum atomic E-state index is 10.8. The molecule has 80 valence electrons. The van der Waals surface area contributed by atoms with Crippen molar-refractivity contribution in [3.05, 3.63) is 12.0 Å². The second-order valence-electron chi connectivity index (χ2n) is 2.72. The first-order valence-corrected chi connectivity index (χ1v) is 6.01. The fourth-order valence-corrected chi connectivity index (χ4v) is 1.29. The molecule has 3 nitrogen and oxygen atoms in total. The Morgan fingerprint density at radius 1 is 1.36 bits per heavy atom. The lowest BCUT2D eigenvalue weighted by Gasteiger charge is -1.99. The van der Waals surface area contributed by atoms with Crippen LogP contribution in [0, 0.1) is 11.8 Å². The van der Waals surface area contributed by atoms with Crippen LogP contribution in [0.5, 0.6) is 0 Å². The largest absolute Gasteiger partial charge is 0.289 e. The first kappa shape index (κ1) is 13.2. The van der Waals surface area contributed by atoms with E-state index in [1.54, 1.807) is 6.92 Å². The van der Waals surface area contributed by atoms with Crippen molar-refractivity contribution in [2.75, 3.05) is 6.61 Å². The van der Waals surface area contributed by atoms with Gasteiger partial charge in [0, 0.05) is 6.42 Å². The molecule has 0 amide bonds. The fraction of sp³-hybridized carbons (Fsp3) is 0.600. The molecule has 0 fully saturated rings. The molecule has 0 atom stereocenters. The molecule has 0 unspecified atom stereocenters. The zero-order valence-electron chi connectivity index (χ0n) is 8.45. The molecule has 0 heterocycles. The van der Waals surface area contributed by atoms with Gasteiger partial charge in [-0.25, -0.2) is 0 Å². The number of unbranched alkanes of at least 4 members (excludes halogenated alkanes) is 3. The van der Waals surface area contributed by atoms with Crippen LogP contribution in [0.25, 0.3) is 0 Å². The first-order chi connectivity index (χ1) is 6.62. The first-order valence-electron chi connectivity index (χ1n) is 4.54. The van der Waals surface area contributed by atoms with Crippen molar-refractivity contribution >= 4 is 10.1 Å². The minimum Gasteiger partial charge on any atom is -0.267 e. The molecule has 0 aromatic carbocycles. The predicted octanol–water partition coefficient (Wildman–Crippen LogP) is 2.06. The van der Waals surface area contributed by atoms with E-state index in [1.807, 2.05) is 0 Å². The normalized spacial score (nSPS) is 10.4. The Morgan fingerprint density at radius 3 is 2.64 bits per heavy atom. The van der Waals surface area contributed by atoms with Crippen molar-refractivity contribution in [3.63, 3.8) is 0 Å². The van der Waals surface area contributed by atoms with Crippen LogP contribution in [0.3, 0.4) is 0 Å². The third-order valence-corrected chi connectivity index (χ3v) is 2.48. The molecule has 0 rings (SSSR count). The average molecular weight is 216 g/mol. The maximum absolute atomic E-state index is 10.8. The lowest BCUT2D eigenvalue weighted by atomic mass is 10.2. The van der Waals surface area contributed by atoms with Crippen LogP contribution in [-0.2, 0) is 14.3 Å². The van der Waals surface area contributed by atoms with Gasteiger partial charge in [-0.3, -0.25) is 4.18 Å². The Morgan fingerprint density at radius 2 is 2.07 bits per heavy atom. The highest BCUT2D eigenvalue weighted by atomic mass is 32.2. The molecule has 0 saturated heterocycles. The second-order valence-corrected chi connectivity index (χ2v) is 4.27. The summed E-state index contributed by atoms with van der Waals surface area (Å²) in [7, 11) is -3.48. The van der Waals surface area contributed by atoms with Gasteiger partial charge < -0.3 is 0 Å². The summed E-state index contributed by atoms with van der Waals surface area (Å²) in [5, 5.41) is 0.815. The zero-order valence-corrected chi connectivity index (χ0v) is 9.27. The smallest absolute Gasteiger partial charge is 0.267 e. The van der Waals surface area contributed by atoms with Crippen LogP contribution in [0.1, 0.15) is 32.6 Å². The molecule has 0 N–H and O–H groups in total. The van der Waals surface area contributed by atoms with E-state index in [-0.39, 0.29) is 6.61 Å². The van der Waals surface area contributed by atoms with Gasteiger partial charge in [-0.2, -0.15) is 8.42 Å². The molecule has 0 bridgehead atoms. The Bertz CT molecular complexity index is 306. The van der Waals surface area contributed by atoms with Gasteiger partial charge in [0.1, 0.15) is 0 Å². The SMILES string of the molecule is C=CS(=O)(=O)OCCCCCC#CC. The topological polar surface area (TPSA) is 43.4 Å². The summed E-state index contributed by atoms with van der Waals surface area (Å²) >= 11 is 0. The molecular formula is C10H16O3S. The minimum absolute atomic E-state index is 0.230. The lowest BCUT2D eigenvalue weighted by molar-refractivity contribution is 0.313. The highest BCUT2D eigenvalue weighted by Gasteiger charge is 2.02. The van der Waals surface area contributed by atoms with E-state index in [0.717, 1.165) is 31.1 Å². The predicted molar refractivity (Wildman–Crippen MR) is 57.0 cm³/mol. The van der Waals surface area contributed by atoms with Crippen LogP contribution in [-0.4, -0.2) is 15.0 Å². The standard InChI is InChI=1S/C10H16O3S/c1-3-5-6-7-8-9-10-13-14(11,12)4-2/h4H,2,6-10H2,1H3. The van der Waals surface area contributed by atoms with E-state index < -0.39 is 10.1 Å². The fourth-order valence-electron chi connectivity index (χ4n) is 0.840. The summed E-state index contributed by atoms with van der Waals surface area (Å²) in [5.74, 6) is 5.74. The van der Waals surface area contributed by atoms with Gasteiger partial charge >= 0.3 is 0 Å². The van der Waals surface area contributed by atoms with E-state index in [2.05, 4.69) is 22.6 Å². The summed E-state index contributed by atoms with van der Waals surface area (Å²) in [6.45, 7) is 5.18. The van der Waals surface area contributed by atoms with E-state index in [1.165, 1.54) is 0 Å². The van der Waals surface area contributed by atoms with Gasteiger partial charge in [0.2, 0.25) is 0 Å². The van der Waals surface area contributed by atoms with Gasteiger partial charge in [0.25, 0.3) is 10.1 Å². The summed E-state index contributed by atoms with van der Waals surface area (Å²) in [5.41, 5.74) is 0. The molecule has 14 heavy (non-hydrogen) atoms. The quantitative estimate of drug-likeness (QED) is 0.371. The molecule has 0 aliphatic heterocycles.